The molecule has 0 aromatic carbocycles. The normalized spacial score (nSPS) is 13.0. The average molecular weight is 178 g/mol. The maximum atomic E-state index is 5.40. The van der Waals surface area contributed by atoms with Crippen LogP contribution in [0.4, 0.5) is 0 Å². The second kappa shape index (κ2) is 3.42. The summed E-state index contributed by atoms with van der Waals surface area (Å²) in [5.74, 6) is 6.17. The van der Waals surface area contributed by atoms with Crippen LogP contribution in [0.25, 0.3) is 0 Å². The Kier molecular flexibility index (Phi) is 2.11. The van der Waals surface area contributed by atoms with Crippen LogP contribution in [0, 0.1) is 0 Å². The van der Waals surface area contributed by atoms with E-state index in [1.165, 1.54) is 0 Å². The molecule has 2 rings (SSSR count). The average Bonchev–Trinajstić information content (AvgIpc) is 2.76. The van der Waals surface area contributed by atoms with E-state index < -0.39 is 0 Å². The lowest BCUT2D eigenvalue weighted by atomic mass is 10.1. The molecule has 2 heterocycles. The molecule has 2 aromatic heterocycles. The van der Waals surface area contributed by atoms with Gasteiger partial charge < -0.3 is 4.42 Å². The Balaban J connectivity index is 2.29. The number of hydrogen-bond acceptors (Lipinski definition) is 4. The van der Waals surface area contributed by atoms with Crippen LogP contribution in [-0.2, 0) is 0 Å². The van der Waals surface area contributed by atoms with Gasteiger partial charge in [-0.15, -0.1) is 0 Å². The van der Waals surface area contributed by atoms with E-state index in [0.717, 1.165) is 11.3 Å². The topological polar surface area (TPSA) is 79.9 Å². The highest BCUT2D eigenvalue weighted by Crippen LogP contribution is 2.19. The van der Waals surface area contributed by atoms with Crippen LogP contribution in [0.15, 0.2) is 35.2 Å². The van der Waals surface area contributed by atoms with Crippen molar-refractivity contribution in [2.75, 3.05) is 0 Å². The van der Waals surface area contributed by atoms with Crippen LogP contribution in [0.5, 0.6) is 0 Å². The summed E-state index contributed by atoms with van der Waals surface area (Å²) in [7, 11) is 0. The van der Waals surface area contributed by atoms with Crippen LogP contribution in [0.2, 0.25) is 0 Å². The number of nitrogens with two attached hydrogens (primary N) is 1. The van der Waals surface area contributed by atoms with Crippen molar-refractivity contribution in [1.82, 2.24) is 15.6 Å². The largest absolute Gasteiger partial charge is 0.467 e. The highest BCUT2D eigenvalue weighted by molar-refractivity contribution is 5.20. The van der Waals surface area contributed by atoms with Gasteiger partial charge in [-0.2, -0.15) is 5.10 Å². The zero-order chi connectivity index (χ0) is 9.10. The highest BCUT2D eigenvalue weighted by Gasteiger charge is 2.15. The second-order valence-electron chi connectivity index (χ2n) is 2.65. The molecule has 0 amide bonds. The molecule has 0 saturated carbocycles. The number of hydrazine groups is 1. The predicted molar refractivity (Wildman–Crippen MR) is 46.5 cm³/mol. The molecule has 1 unspecified atom stereocenters. The summed E-state index contributed by atoms with van der Waals surface area (Å²) < 4.78 is 5.23. The van der Waals surface area contributed by atoms with Gasteiger partial charge in [-0.1, -0.05) is 0 Å². The molecule has 1 atom stereocenters. The summed E-state index contributed by atoms with van der Waals surface area (Å²) in [4.78, 5) is 0. The van der Waals surface area contributed by atoms with Crippen molar-refractivity contribution >= 4 is 0 Å². The third-order valence-electron chi connectivity index (χ3n) is 1.85. The van der Waals surface area contributed by atoms with Gasteiger partial charge >= 0.3 is 0 Å². The standard InChI is InChI=1S/C8H10N4O/c9-12-8(6-4-10-11-5-6)7-2-1-3-13-7/h1-5,8,12H,9H2,(H,10,11). The lowest BCUT2D eigenvalue weighted by molar-refractivity contribution is 0.452. The number of aromatic nitrogens is 2. The van der Waals surface area contributed by atoms with Crippen LogP contribution in [0.1, 0.15) is 17.4 Å². The number of rotatable bonds is 3. The number of nitrogens with zero attached hydrogens (tertiary/aromatic N) is 1. The van der Waals surface area contributed by atoms with Gasteiger partial charge in [0, 0.05) is 11.8 Å². The lowest BCUT2D eigenvalue weighted by Gasteiger charge is -2.09. The van der Waals surface area contributed by atoms with Gasteiger partial charge in [-0.05, 0) is 12.1 Å². The van der Waals surface area contributed by atoms with E-state index in [0.29, 0.717) is 0 Å². The molecule has 5 heteroatoms. The summed E-state index contributed by atoms with van der Waals surface area (Å²) in [6.45, 7) is 0. The molecule has 0 aliphatic rings. The Labute approximate surface area is 74.9 Å². The molecule has 2 aromatic rings. The first-order chi connectivity index (χ1) is 6.42. The van der Waals surface area contributed by atoms with Gasteiger partial charge in [0.1, 0.15) is 11.8 Å². The fraction of sp³-hybridized carbons (Fsp3) is 0.125. The summed E-state index contributed by atoms with van der Waals surface area (Å²) in [5, 5.41) is 6.56. The minimum absolute atomic E-state index is 0.145. The van der Waals surface area contributed by atoms with E-state index in [9.17, 15) is 0 Å². The zero-order valence-electron chi connectivity index (χ0n) is 6.90. The van der Waals surface area contributed by atoms with Crippen molar-refractivity contribution < 1.29 is 4.42 Å². The van der Waals surface area contributed by atoms with Crippen molar-refractivity contribution in [2.24, 2.45) is 5.84 Å². The summed E-state index contributed by atoms with van der Waals surface area (Å²) in [6.07, 6.45) is 5.08. The monoisotopic (exact) mass is 178 g/mol. The van der Waals surface area contributed by atoms with Crippen LogP contribution < -0.4 is 11.3 Å². The molecule has 0 aliphatic carbocycles. The van der Waals surface area contributed by atoms with E-state index >= 15 is 0 Å². The smallest absolute Gasteiger partial charge is 0.126 e. The molecule has 0 bridgehead atoms. The Bertz CT molecular complexity index is 306. The fourth-order valence-corrected chi connectivity index (χ4v) is 1.22. The predicted octanol–water partition coefficient (Wildman–Crippen LogP) is 0.555. The quantitative estimate of drug-likeness (QED) is 0.473. The van der Waals surface area contributed by atoms with E-state index in [1.807, 2.05) is 12.1 Å². The highest BCUT2D eigenvalue weighted by atomic mass is 16.3. The molecule has 0 spiro atoms. The molecule has 0 radical (unpaired) electrons. The van der Waals surface area contributed by atoms with Crippen LogP contribution in [-0.4, -0.2) is 10.2 Å². The maximum Gasteiger partial charge on any atom is 0.126 e. The van der Waals surface area contributed by atoms with Crippen molar-refractivity contribution in [1.29, 1.82) is 0 Å². The first-order valence-electron chi connectivity index (χ1n) is 3.90. The van der Waals surface area contributed by atoms with Crippen molar-refractivity contribution in [3.8, 4) is 0 Å². The molecule has 13 heavy (non-hydrogen) atoms. The molecular weight excluding hydrogens is 168 g/mol. The van der Waals surface area contributed by atoms with Gasteiger partial charge in [0.25, 0.3) is 0 Å². The van der Waals surface area contributed by atoms with Gasteiger partial charge in [0.05, 0.1) is 12.5 Å². The van der Waals surface area contributed by atoms with Crippen LogP contribution in [0.3, 0.4) is 0 Å². The molecule has 0 fully saturated rings. The first kappa shape index (κ1) is 8.03. The van der Waals surface area contributed by atoms with E-state index in [-0.39, 0.29) is 6.04 Å². The summed E-state index contributed by atoms with van der Waals surface area (Å²) in [5.41, 5.74) is 3.60. The number of H-pyrrole nitrogens is 1. The Morgan fingerprint density at radius 1 is 1.62 bits per heavy atom. The molecule has 4 N–H and O–H groups in total. The number of nitrogens with one attached hydrogen (secondary N) is 2. The number of aromatic amines is 1. The van der Waals surface area contributed by atoms with Gasteiger partial charge in [-0.3, -0.25) is 10.9 Å². The van der Waals surface area contributed by atoms with E-state index in [4.69, 9.17) is 10.3 Å². The Hall–Kier alpha value is -1.59. The summed E-state index contributed by atoms with van der Waals surface area (Å²) in [6, 6.07) is 3.53. The SMILES string of the molecule is NNC(c1cn[nH]c1)c1ccco1. The molecular formula is C8H10N4O. The van der Waals surface area contributed by atoms with Crippen molar-refractivity contribution in [2.45, 2.75) is 6.04 Å². The van der Waals surface area contributed by atoms with Crippen molar-refractivity contribution in [3.05, 3.63) is 42.1 Å². The fourth-order valence-electron chi connectivity index (χ4n) is 1.22. The summed E-state index contributed by atoms with van der Waals surface area (Å²) >= 11 is 0. The Morgan fingerprint density at radius 3 is 3.08 bits per heavy atom. The Morgan fingerprint density at radius 2 is 2.54 bits per heavy atom. The third kappa shape index (κ3) is 1.47. The third-order valence-corrected chi connectivity index (χ3v) is 1.85. The zero-order valence-corrected chi connectivity index (χ0v) is 6.90. The molecule has 0 aliphatic heterocycles. The number of hydrogen-bond donors (Lipinski definition) is 3. The van der Waals surface area contributed by atoms with Crippen molar-refractivity contribution in [3.63, 3.8) is 0 Å². The van der Waals surface area contributed by atoms with Gasteiger partial charge in [0.2, 0.25) is 0 Å². The minimum atomic E-state index is -0.145. The molecule has 5 nitrogen and oxygen atoms in total. The van der Waals surface area contributed by atoms with Crippen LogP contribution >= 0.6 is 0 Å². The second-order valence-corrected chi connectivity index (χ2v) is 2.65. The van der Waals surface area contributed by atoms with Gasteiger partial charge in [-0.25, -0.2) is 5.43 Å². The van der Waals surface area contributed by atoms with Gasteiger partial charge in [0.15, 0.2) is 0 Å². The van der Waals surface area contributed by atoms with E-state index in [1.54, 1.807) is 18.7 Å². The first-order valence-corrected chi connectivity index (χ1v) is 3.90. The lowest BCUT2D eigenvalue weighted by Crippen LogP contribution is -2.28. The minimum Gasteiger partial charge on any atom is -0.467 e. The molecule has 68 valence electrons. The maximum absolute atomic E-state index is 5.40. The number of furan rings is 1. The van der Waals surface area contributed by atoms with E-state index in [2.05, 4.69) is 15.6 Å². The molecule has 0 saturated heterocycles.